The molecular weight excluding hydrogens is 422 g/mol. The Balaban J connectivity index is 2.22. The van der Waals surface area contributed by atoms with Gasteiger partial charge in [0.2, 0.25) is 0 Å². The fourth-order valence-corrected chi connectivity index (χ4v) is 3.41. The van der Waals surface area contributed by atoms with Crippen molar-refractivity contribution in [3.8, 4) is 17.6 Å². The minimum Gasteiger partial charge on any atom is -0.493 e. The molecule has 2 rings (SSSR count). The molecule has 1 aliphatic heterocycles. The normalized spacial score (nSPS) is 21.5. The topological polar surface area (TPSA) is 87.4 Å². The zero-order chi connectivity index (χ0) is 23.4. The van der Waals surface area contributed by atoms with Gasteiger partial charge in [0, 0.05) is 39.2 Å². The van der Waals surface area contributed by atoms with Gasteiger partial charge in [-0.1, -0.05) is 9.24 Å². The molecule has 1 heterocycles. The molecule has 3 unspecified atom stereocenters. The average molecular weight is 452 g/mol. The lowest BCUT2D eigenvalue weighted by Crippen LogP contribution is -2.55. The molecule has 8 nitrogen and oxygen atoms in total. The van der Waals surface area contributed by atoms with Gasteiger partial charge in [0.25, 0.3) is 0 Å². The zero-order valence-corrected chi connectivity index (χ0v) is 20.0. The van der Waals surface area contributed by atoms with Crippen molar-refractivity contribution in [3.63, 3.8) is 0 Å². The van der Waals surface area contributed by atoms with Crippen molar-refractivity contribution in [2.24, 2.45) is 4.99 Å². The molecule has 0 N–H and O–H groups in total. The second kappa shape index (κ2) is 9.69. The number of carbonyl (C=O) groups is 1. The Hall–Kier alpha value is -2.59. The van der Waals surface area contributed by atoms with Crippen LogP contribution in [-0.4, -0.2) is 73.6 Å². The number of halogens is 1. The van der Waals surface area contributed by atoms with Crippen molar-refractivity contribution in [1.29, 1.82) is 5.26 Å². The first-order valence-corrected chi connectivity index (χ1v) is 10.4. The minimum absolute atomic E-state index is 0.199. The third-order valence-corrected chi connectivity index (χ3v) is 4.94. The van der Waals surface area contributed by atoms with Crippen molar-refractivity contribution in [1.82, 2.24) is 9.80 Å². The molecule has 0 bridgehead atoms. The number of hydrogen-bond acceptors (Lipinski definition) is 6. The van der Waals surface area contributed by atoms with E-state index in [0.717, 1.165) is 0 Å². The van der Waals surface area contributed by atoms with Crippen LogP contribution in [0, 0.1) is 11.3 Å². The molecule has 1 amide bonds. The van der Waals surface area contributed by atoms with Gasteiger partial charge in [0.1, 0.15) is 17.8 Å². The molecule has 31 heavy (non-hydrogen) atoms. The highest BCUT2D eigenvalue weighted by atomic mass is 31.0. The van der Waals surface area contributed by atoms with E-state index < -0.39 is 23.2 Å². The van der Waals surface area contributed by atoms with Crippen LogP contribution in [0.3, 0.4) is 0 Å². The van der Waals surface area contributed by atoms with E-state index in [1.165, 1.54) is 18.1 Å². The standard InChI is InChI=1S/C21H30FN4O4P/c1-20(2,3)30-19(27)26-8-7-18(21(22,31)12-26)29-17-9-14(11-23)15(10-16(17)28-6)24-13-25(4)5/h9-10,13,18H,7-8,12,31H2,1-6H3. The highest BCUT2D eigenvalue weighted by Gasteiger charge is 2.44. The van der Waals surface area contributed by atoms with Crippen LogP contribution in [0.15, 0.2) is 17.1 Å². The molecule has 1 fully saturated rings. The summed E-state index contributed by atoms with van der Waals surface area (Å²) in [6, 6.07) is 5.14. The fourth-order valence-electron chi connectivity index (χ4n) is 2.95. The molecule has 1 aromatic rings. The summed E-state index contributed by atoms with van der Waals surface area (Å²) in [5, 5.41) is 7.59. The van der Waals surface area contributed by atoms with Gasteiger partial charge in [-0.3, -0.25) is 0 Å². The summed E-state index contributed by atoms with van der Waals surface area (Å²) in [5.74, 6) is 0.573. The number of aliphatic imine (C=N–C) groups is 1. The molecule has 0 radical (unpaired) electrons. The first kappa shape index (κ1) is 24.7. The number of ether oxygens (including phenoxy) is 3. The highest BCUT2D eigenvalue weighted by molar-refractivity contribution is 7.18. The van der Waals surface area contributed by atoms with Gasteiger partial charge in [-0.2, -0.15) is 5.26 Å². The van der Waals surface area contributed by atoms with Gasteiger partial charge < -0.3 is 24.0 Å². The predicted octanol–water partition coefficient (Wildman–Crippen LogP) is 3.72. The number of benzene rings is 1. The van der Waals surface area contributed by atoms with Crippen molar-refractivity contribution in [3.05, 3.63) is 17.7 Å². The number of methoxy groups -OCH3 is 1. The Bertz CT molecular complexity index is 877. The highest BCUT2D eigenvalue weighted by Crippen LogP contribution is 2.40. The third kappa shape index (κ3) is 6.70. The maximum atomic E-state index is 15.4. The van der Waals surface area contributed by atoms with Crippen LogP contribution in [0.5, 0.6) is 11.5 Å². The fraction of sp³-hybridized carbons (Fsp3) is 0.571. The number of alkyl halides is 1. The molecule has 0 saturated carbocycles. The van der Waals surface area contributed by atoms with Crippen LogP contribution in [-0.2, 0) is 4.74 Å². The first-order valence-electron chi connectivity index (χ1n) is 9.81. The van der Waals surface area contributed by atoms with Crippen molar-refractivity contribution in [2.75, 3.05) is 34.3 Å². The van der Waals surface area contributed by atoms with Crippen LogP contribution in [0.1, 0.15) is 32.8 Å². The maximum absolute atomic E-state index is 15.4. The predicted molar refractivity (Wildman–Crippen MR) is 120 cm³/mol. The number of nitrogens with zero attached hydrogens (tertiary/aromatic N) is 4. The van der Waals surface area contributed by atoms with Crippen molar-refractivity contribution in [2.45, 2.75) is 44.3 Å². The Morgan fingerprint density at radius 1 is 1.42 bits per heavy atom. The van der Waals surface area contributed by atoms with Gasteiger partial charge in [-0.15, -0.1) is 0 Å². The molecule has 1 aromatic carbocycles. The summed E-state index contributed by atoms with van der Waals surface area (Å²) in [4.78, 5) is 19.6. The van der Waals surface area contributed by atoms with Crippen LogP contribution >= 0.6 is 9.24 Å². The Kier molecular flexibility index (Phi) is 7.72. The van der Waals surface area contributed by atoms with E-state index in [2.05, 4.69) is 20.3 Å². The Morgan fingerprint density at radius 2 is 2.10 bits per heavy atom. The van der Waals surface area contributed by atoms with Crippen molar-refractivity contribution < 1.29 is 23.4 Å². The maximum Gasteiger partial charge on any atom is 0.410 e. The number of rotatable bonds is 5. The number of hydrogen-bond donors (Lipinski definition) is 0. The summed E-state index contributed by atoms with van der Waals surface area (Å²) in [7, 11) is 7.22. The van der Waals surface area contributed by atoms with Gasteiger partial charge >= 0.3 is 6.09 Å². The Labute approximate surface area is 185 Å². The van der Waals surface area contributed by atoms with Crippen LogP contribution in [0.2, 0.25) is 0 Å². The third-order valence-electron chi connectivity index (χ3n) is 4.38. The van der Waals surface area contributed by atoms with E-state index in [9.17, 15) is 10.1 Å². The van der Waals surface area contributed by atoms with E-state index in [1.807, 2.05) is 14.1 Å². The van der Waals surface area contributed by atoms with Crippen molar-refractivity contribution >= 4 is 27.4 Å². The van der Waals surface area contributed by atoms with Gasteiger partial charge in [-0.25, -0.2) is 14.2 Å². The van der Waals surface area contributed by atoms with E-state index in [-0.39, 0.29) is 30.8 Å². The second-order valence-corrected chi connectivity index (χ2v) is 9.52. The monoisotopic (exact) mass is 452 g/mol. The lowest BCUT2D eigenvalue weighted by molar-refractivity contribution is -0.0223. The molecule has 0 spiro atoms. The summed E-state index contributed by atoms with van der Waals surface area (Å²) in [6.45, 7) is 5.36. The number of amides is 1. The molecular formula is C21H30FN4O4P. The van der Waals surface area contributed by atoms with Crippen LogP contribution in [0.25, 0.3) is 0 Å². The van der Waals surface area contributed by atoms with E-state index in [1.54, 1.807) is 38.1 Å². The summed E-state index contributed by atoms with van der Waals surface area (Å²) < 4.78 is 32.1. The lowest BCUT2D eigenvalue weighted by atomic mass is 10.0. The molecule has 1 saturated heterocycles. The molecule has 1 aliphatic rings. The van der Waals surface area contributed by atoms with E-state index in [0.29, 0.717) is 11.4 Å². The quantitative estimate of drug-likeness (QED) is 0.385. The number of piperidine rings is 1. The average Bonchev–Trinajstić information content (AvgIpc) is 2.66. The second-order valence-electron chi connectivity index (χ2n) is 8.56. The number of likely N-dealkylation sites (tertiary alicyclic amines) is 1. The number of nitriles is 1. The summed E-state index contributed by atoms with van der Waals surface area (Å²) in [6.07, 6.45) is 0.374. The van der Waals surface area contributed by atoms with E-state index in [4.69, 9.17) is 14.2 Å². The van der Waals surface area contributed by atoms with Crippen LogP contribution in [0.4, 0.5) is 14.9 Å². The smallest absolute Gasteiger partial charge is 0.410 e. The van der Waals surface area contributed by atoms with E-state index >= 15 is 4.39 Å². The summed E-state index contributed by atoms with van der Waals surface area (Å²) >= 11 is 0. The summed E-state index contributed by atoms with van der Waals surface area (Å²) in [5.41, 5.74) is 0.0214. The largest absolute Gasteiger partial charge is 0.493 e. The van der Waals surface area contributed by atoms with Gasteiger partial charge in [0.15, 0.2) is 16.9 Å². The molecule has 170 valence electrons. The van der Waals surface area contributed by atoms with Crippen LogP contribution < -0.4 is 9.47 Å². The molecule has 3 atom stereocenters. The zero-order valence-electron chi connectivity index (χ0n) is 18.8. The van der Waals surface area contributed by atoms with Gasteiger partial charge in [-0.05, 0) is 20.8 Å². The molecule has 0 aromatic heterocycles. The molecule has 0 aliphatic carbocycles. The molecule has 10 heteroatoms. The lowest BCUT2D eigenvalue weighted by Gasteiger charge is -2.41. The SMILES string of the molecule is COc1cc(N=CN(C)C)c(C#N)cc1OC1CCN(C(=O)OC(C)(C)C)CC1(F)P. The number of carbonyl (C=O) groups excluding carboxylic acids is 1. The van der Waals surface area contributed by atoms with Gasteiger partial charge in [0.05, 0.1) is 31.2 Å². The Morgan fingerprint density at radius 3 is 2.61 bits per heavy atom. The minimum atomic E-state index is -1.91. The first-order chi connectivity index (χ1) is 14.4.